The van der Waals surface area contributed by atoms with Gasteiger partial charge in [0.15, 0.2) is 0 Å². The van der Waals surface area contributed by atoms with E-state index in [2.05, 4.69) is 0 Å². The van der Waals surface area contributed by atoms with Gasteiger partial charge in [-0.3, -0.25) is 24.6 Å². The Kier molecular flexibility index (Phi) is 6.95. The van der Waals surface area contributed by atoms with E-state index in [4.69, 9.17) is 16.3 Å². The number of carbonyl (C=O) groups excluding carboxylic acids is 2. The Labute approximate surface area is 202 Å². The highest BCUT2D eigenvalue weighted by atomic mass is 35.5. The maximum atomic E-state index is 13.1. The highest BCUT2D eigenvalue weighted by molar-refractivity contribution is 8.18. The number of amides is 2. The fourth-order valence-electron chi connectivity index (χ4n) is 3.21. The number of thioether (sulfide) groups is 1. The lowest BCUT2D eigenvalue weighted by molar-refractivity contribution is -0.384. The van der Waals surface area contributed by atoms with Gasteiger partial charge < -0.3 is 4.74 Å². The van der Waals surface area contributed by atoms with Crippen molar-refractivity contribution in [3.05, 3.63) is 109 Å². The second-order valence-corrected chi connectivity index (χ2v) is 8.65. The van der Waals surface area contributed by atoms with Crippen molar-refractivity contribution < 1.29 is 23.6 Å². The van der Waals surface area contributed by atoms with Crippen molar-refractivity contribution in [2.75, 3.05) is 0 Å². The van der Waals surface area contributed by atoms with E-state index in [-0.39, 0.29) is 40.9 Å². The van der Waals surface area contributed by atoms with Crippen LogP contribution in [0.4, 0.5) is 14.9 Å². The SMILES string of the molecule is O=C1S/C(=C\c2cc([N+](=O)[O-])ccc2OCc2ccc(F)cc2)C(=O)N1Cc1ccccc1Cl. The first kappa shape index (κ1) is 23.5. The smallest absolute Gasteiger partial charge is 0.293 e. The standard InChI is InChI=1S/C24H16ClFN2O5S/c25-20-4-2-1-3-16(20)13-27-23(29)22(34-24(27)30)12-17-11-19(28(31)32)9-10-21(17)33-14-15-5-7-18(26)8-6-15/h1-12H,13-14H2/b22-12-. The van der Waals surface area contributed by atoms with Crippen molar-refractivity contribution in [3.63, 3.8) is 0 Å². The molecule has 3 aromatic carbocycles. The molecule has 0 aromatic heterocycles. The minimum absolute atomic E-state index is 0.00451. The van der Waals surface area contributed by atoms with Gasteiger partial charge in [-0.2, -0.15) is 0 Å². The van der Waals surface area contributed by atoms with Gasteiger partial charge in [-0.15, -0.1) is 0 Å². The summed E-state index contributed by atoms with van der Waals surface area (Å²) in [7, 11) is 0. The molecule has 0 aliphatic carbocycles. The number of rotatable bonds is 7. The molecule has 0 spiro atoms. The molecule has 0 radical (unpaired) electrons. The predicted molar refractivity (Wildman–Crippen MR) is 127 cm³/mol. The minimum atomic E-state index is -0.565. The second kappa shape index (κ2) is 10.1. The molecule has 4 rings (SSSR count). The lowest BCUT2D eigenvalue weighted by Gasteiger charge is -2.13. The summed E-state index contributed by atoms with van der Waals surface area (Å²) in [5.74, 6) is -0.647. The molecule has 1 aliphatic heterocycles. The number of nitro groups is 1. The van der Waals surface area contributed by atoms with Crippen molar-refractivity contribution in [2.24, 2.45) is 0 Å². The quantitative estimate of drug-likeness (QED) is 0.219. The van der Waals surface area contributed by atoms with Crippen LogP contribution in [0.2, 0.25) is 5.02 Å². The van der Waals surface area contributed by atoms with E-state index < -0.39 is 16.1 Å². The third-order valence-electron chi connectivity index (χ3n) is 4.96. The first-order valence-corrected chi connectivity index (χ1v) is 11.2. The molecule has 0 N–H and O–H groups in total. The Morgan fingerprint density at radius 3 is 2.53 bits per heavy atom. The average molecular weight is 499 g/mol. The van der Waals surface area contributed by atoms with E-state index in [0.29, 0.717) is 16.1 Å². The highest BCUT2D eigenvalue weighted by Crippen LogP contribution is 2.36. The summed E-state index contributed by atoms with van der Waals surface area (Å²) in [6.07, 6.45) is 1.39. The summed E-state index contributed by atoms with van der Waals surface area (Å²) >= 11 is 6.88. The zero-order chi connectivity index (χ0) is 24.2. The van der Waals surface area contributed by atoms with Gasteiger partial charge in [-0.25, -0.2) is 4.39 Å². The van der Waals surface area contributed by atoms with Crippen LogP contribution in [0.1, 0.15) is 16.7 Å². The second-order valence-electron chi connectivity index (χ2n) is 7.25. The number of imide groups is 1. The highest BCUT2D eigenvalue weighted by Gasteiger charge is 2.35. The molecule has 10 heteroatoms. The Bertz CT molecular complexity index is 1310. The maximum Gasteiger partial charge on any atom is 0.293 e. The first-order chi connectivity index (χ1) is 16.3. The minimum Gasteiger partial charge on any atom is -0.488 e. The predicted octanol–water partition coefficient (Wildman–Crippen LogP) is 6.20. The molecular weight excluding hydrogens is 483 g/mol. The fraction of sp³-hybridized carbons (Fsp3) is 0.0833. The summed E-state index contributed by atoms with van der Waals surface area (Å²) in [5.41, 5.74) is 1.37. The van der Waals surface area contributed by atoms with Crippen molar-refractivity contribution in [3.8, 4) is 5.75 Å². The molecule has 1 aliphatic rings. The van der Waals surface area contributed by atoms with Gasteiger partial charge in [0.2, 0.25) is 0 Å². The van der Waals surface area contributed by atoms with Crippen LogP contribution in [0, 0.1) is 15.9 Å². The zero-order valence-corrected chi connectivity index (χ0v) is 19.0. The van der Waals surface area contributed by atoms with Crippen LogP contribution in [-0.4, -0.2) is 21.0 Å². The van der Waals surface area contributed by atoms with E-state index >= 15 is 0 Å². The van der Waals surface area contributed by atoms with Crippen molar-refractivity contribution >= 4 is 46.3 Å². The summed E-state index contributed by atoms with van der Waals surface area (Å²) in [6.45, 7) is 0.0808. The zero-order valence-electron chi connectivity index (χ0n) is 17.4. The van der Waals surface area contributed by atoms with Crippen LogP contribution in [0.3, 0.4) is 0 Å². The van der Waals surface area contributed by atoms with E-state index in [1.165, 1.54) is 36.4 Å². The van der Waals surface area contributed by atoms with E-state index in [9.17, 15) is 24.1 Å². The van der Waals surface area contributed by atoms with Crippen molar-refractivity contribution in [1.29, 1.82) is 0 Å². The Hall–Kier alpha value is -3.69. The molecular formula is C24H16ClFN2O5S. The fourth-order valence-corrected chi connectivity index (χ4v) is 4.23. The third-order valence-corrected chi connectivity index (χ3v) is 6.23. The number of nitro benzene ring substituents is 1. The Morgan fingerprint density at radius 2 is 1.82 bits per heavy atom. The molecule has 3 aromatic rings. The average Bonchev–Trinajstić information content (AvgIpc) is 3.08. The first-order valence-electron chi connectivity index (χ1n) is 9.96. The van der Waals surface area contributed by atoms with Gasteiger partial charge >= 0.3 is 0 Å². The summed E-state index contributed by atoms with van der Waals surface area (Å²) in [6, 6.07) is 16.6. The van der Waals surface area contributed by atoms with Crippen molar-refractivity contribution in [1.82, 2.24) is 4.90 Å². The monoisotopic (exact) mass is 498 g/mol. The van der Waals surface area contributed by atoms with Gasteiger partial charge in [0.25, 0.3) is 16.8 Å². The lowest BCUT2D eigenvalue weighted by Crippen LogP contribution is -2.27. The van der Waals surface area contributed by atoms with Crippen LogP contribution >= 0.6 is 23.4 Å². The summed E-state index contributed by atoms with van der Waals surface area (Å²) in [5, 5.41) is 11.2. The van der Waals surface area contributed by atoms with Crippen LogP contribution in [0.25, 0.3) is 6.08 Å². The number of benzene rings is 3. The van der Waals surface area contributed by atoms with Gasteiger partial charge in [-0.05, 0) is 53.2 Å². The molecule has 7 nitrogen and oxygen atoms in total. The number of hydrogen-bond acceptors (Lipinski definition) is 6. The number of halogens is 2. The number of ether oxygens (including phenoxy) is 1. The van der Waals surface area contributed by atoms with Crippen LogP contribution in [0.15, 0.2) is 71.6 Å². The van der Waals surface area contributed by atoms with Crippen LogP contribution in [-0.2, 0) is 17.9 Å². The molecule has 1 saturated heterocycles. The topological polar surface area (TPSA) is 89.7 Å². The number of non-ortho nitro benzene ring substituents is 1. The van der Waals surface area contributed by atoms with E-state index in [1.54, 1.807) is 36.4 Å². The maximum absolute atomic E-state index is 13.1. The molecule has 0 saturated carbocycles. The van der Waals surface area contributed by atoms with Crippen LogP contribution < -0.4 is 4.74 Å². The molecule has 172 valence electrons. The molecule has 1 heterocycles. The normalized spacial score (nSPS) is 14.6. The van der Waals surface area contributed by atoms with Gasteiger partial charge in [-0.1, -0.05) is 41.9 Å². The van der Waals surface area contributed by atoms with Crippen LogP contribution in [0.5, 0.6) is 5.75 Å². The Morgan fingerprint density at radius 1 is 1.09 bits per heavy atom. The lowest BCUT2D eigenvalue weighted by atomic mass is 10.1. The molecule has 1 fully saturated rings. The van der Waals surface area contributed by atoms with Gasteiger partial charge in [0.1, 0.15) is 18.2 Å². The Balaban J connectivity index is 1.61. The molecule has 0 atom stereocenters. The third kappa shape index (κ3) is 5.27. The van der Waals surface area contributed by atoms with Gasteiger partial charge in [0, 0.05) is 22.7 Å². The molecule has 34 heavy (non-hydrogen) atoms. The van der Waals surface area contributed by atoms with Crippen molar-refractivity contribution in [2.45, 2.75) is 13.2 Å². The van der Waals surface area contributed by atoms with Gasteiger partial charge in [0.05, 0.1) is 16.4 Å². The molecule has 2 amide bonds. The largest absolute Gasteiger partial charge is 0.488 e. The summed E-state index contributed by atoms with van der Waals surface area (Å²) in [4.78, 5) is 37.3. The molecule has 0 bridgehead atoms. The number of nitrogens with zero attached hydrogens (tertiary/aromatic N) is 2. The summed E-state index contributed by atoms with van der Waals surface area (Å²) < 4.78 is 18.9. The number of hydrogen-bond donors (Lipinski definition) is 0. The number of carbonyl (C=O) groups is 2. The van der Waals surface area contributed by atoms with E-state index in [0.717, 1.165) is 16.7 Å². The van der Waals surface area contributed by atoms with E-state index in [1.807, 2.05) is 0 Å². The molecule has 0 unspecified atom stereocenters.